The van der Waals surface area contributed by atoms with Gasteiger partial charge in [0.1, 0.15) is 5.82 Å². The minimum atomic E-state index is -0.990. The van der Waals surface area contributed by atoms with E-state index < -0.39 is 18.0 Å². The van der Waals surface area contributed by atoms with Gasteiger partial charge >= 0.3 is 12.2 Å². The van der Waals surface area contributed by atoms with E-state index in [1.807, 2.05) is 0 Å². The number of rotatable bonds is 5. The molecule has 1 aliphatic carbocycles. The maximum Gasteiger partial charge on any atom is 0.411 e. The second kappa shape index (κ2) is 9.21. The van der Waals surface area contributed by atoms with E-state index in [0.717, 1.165) is 35.6 Å². The first-order valence-electron chi connectivity index (χ1n) is 9.54. The van der Waals surface area contributed by atoms with E-state index in [2.05, 4.69) is 15.6 Å². The van der Waals surface area contributed by atoms with Crippen LogP contribution in [0.4, 0.5) is 19.7 Å². The Morgan fingerprint density at radius 2 is 2.00 bits per heavy atom. The minimum absolute atomic E-state index is 0.0111. The zero-order chi connectivity index (χ0) is 21.0. The van der Waals surface area contributed by atoms with Crippen LogP contribution in [0, 0.1) is 5.82 Å². The van der Waals surface area contributed by atoms with Gasteiger partial charge in [-0.2, -0.15) is 0 Å². The second-order valence-electron chi connectivity index (χ2n) is 7.33. The Labute approximate surface area is 172 Å². The number of hydrogen-bond acceptors (Lipinski definition) is 5. The standard InChI is InChI=1S/C20H24FN3O4S/c1-11(2)28-20(27)24-14-7-8-15(16(21)9-14)17-10-22-18(29-17)12-3-5-13(6-4-12)23-19(25)26/h7-13,23H,3-6H2,1-2H3,(H,24,27)(H,25,26). The minimum Gasteiger partial charge on any atom is -0.465 e. The molecule has 1 aromatic carbocycles. The number of nitrogens with one attached hydrogen (secondary N) is 2. The number of anilines is 1. The van der Waals surface area contributed by atoms with E-state index in [0.29, 0.717) is 11.3 Å². The van der Waals surface area contributed by atoms with Crippen LogP contribution in [0.15, 0.2) is 24.4 Å². The molecule has 0 bridgehead atoms. The third-order valence-electron chi connectivity index (χ3n) is 4.75. The molecular formula is C20H24FN3O4S. The lowest BCUT2D eigenvalue weighted by Crippen LogP contribution is -2.36. The highest BCUT2D eigenvalue weighted by Gasteiger charge is 2.25. The molecule has 0 aliphatic heterocycles. The zero-order valence-electron chi connectivity index (χ0n) is 16.3. The van der Waals surface area contributed by atoms with Crippen molar-refractivity contribution in [1.29, 1.82) is 0 Å². The van der Waals surface area contributed by atoms with Crippen molar-refractivity contribution in [2.24, 2.45) is 0 Å². The quantitative estimate of drug-likeness (QED) is 0.616. The Morgan fingerprint density at radius 1 is 1.28 bits per heavy atom. The molecule has 0 radical (unpaired) electrons. The predicted octanol–water partition coefficient (Wildman–Crippen LogP) is 5.20. The van der Waals surface area contributed by atoms with Gasteiger partial charge in [-0.05, 0) is 57.7 Å². The summed E-state index contributed by atoms with van der Waals surface area (Å²) >= 11 is 1.45. The third kappa shape index (κ3) is 5.66. The van der Waals surface area contributed by atoms with Crippen molar-refractivity contribution >= 4 is 29.2 Å². The Morgan fingerprint density at radius 3 is 2.62 bits per heavy atom. The number of amides is 2. The summed E-state index contributed by atoms with van der Waals surface area (Å²) in [6, 6.07) is 4.50. The monoisotopic (exact) mass is 421 g/mol. The molecule has 156 valence electrons. The maximum atomic E-state index is 14.6. The van der Waals surface area contributed by atoms with Crippen LogP contribution in [-0.2, 0) is 4.74 Å². The highest BCUT2D eigenvalue weighted by molar-refractivity contribution is 7.15. The average Bonchev–Trinajstić information content (AvgIpc) is 3.11. The SMILES string of the molecule is CC(C)OC(=O)Nc1ccc(-c2cnc(C3CCC(NC(=O)O)CC3)s2)c(F)c1. The molecule has 0 spiro atoms. The molecule has 1 heterocycles. The van der Waals surface area contributed by atoms with E-state index in [4.69, 9.17) is 9.84 Å². The average molecular weight is 421 g/mol. The summed E-state index contributed by atoms with van der Waals surface area (Å²) in [7, 11) is 0. The van der Waals surface area contributed by atoms with Crippen LogP contribution in [0.3, 0.4) is 0 Å². The summed E-state index contributed by atoms with van der Waals surface area (Å²) in [6.07, 6.45) is 3.03. The first-order chi connectivity index (χ1) is 13.8. The second-order valence-corrected chi connectivity index (χ2v) is 8.40. The molecule has 0 atom stereocenters. The van der Waals surface area contributed by atoms with Crippen molar-refractivity contribution < 1.29 is 23.8 Å². The Balaban J connectivity index is 1.64. The van der Waals surface area contributed by atoms with E-state index in [1.165, 1.54) is 17.4 Å². The van der Waals surface area contributed by atoms with Crippen LogP contribution in [0.25, 0.3) is 10.4 Å². The van der Waals surface area contributed by atoms with Crippen LogP contribution >= 0.6 is 11.3 Å². The van der Waals surface area contributed by atoms with Crippen LogP contribution in [-0.4, -0.2) is 34.4 Å². The van der Waals surface area contributed by atoms with E-state index in [9.17, 15) is 14.0 Å². The summed E-state index contributed by atoms with van der Waals surface area (Å²) in [6.45, 7) is 3.47. The number of halogens is 1. The molecule has 0 saturated heterocycles. The van der Waals surface area contributed by atoms with Gasteiger partial charge in [0.05, 0.1) is 16.0 Å². The van der Waals surface area contributed by atoms with Crippen LogP contribution in [0.5, 0.6) is 0 Å². The van der Waals surface area contributed by atoms with Crippen LogP contribution in [0.2, 0.25) is 0 Å². The molecule has 1 aromatic heterocycles. The lowest BCUT2D eigenvalue weighted by molar-refractivity contribution is 0.130. The number of carbonyl (C=O) groups is 2. The van der Waals surface area contributed by atoms with E-state index >= 15 is 0 Å². The number of carboxylic acid groups (broad SMARTS) is 1. The Hall–Kier alpha value is -2.68. The maximum absolute atomic E-state index is 14.6. The van der Waals surface area contributed by atoms with Crippen molar-refractivity contribution in [1.82, 2.24) is 10.3 Å². The van der Waals surface area contributed by atoms with Gasteiger partial charge in [-0.15, -0.1) is 11.3 Å². The molecule has 1 saturated carbocycles. The molecule has 1 fully saturated rings. The number of aromatic nitrogens is 1. The molecule has 2 aromatic rings. The molecule has 29 heavy (non-hydrogen) atoms. The third-order valence-corrected chi connectivity index (χ3v) is 5.94. The number of hydrogen-bond donors (Lipinski definition) is 3. The number of thiazole rings is 1. The molecular weight excluding hydrogens is 397 g/mol. The van der Waals surface area contributed by atoms with Gasteiger partial charge in [-0.1, -0.05) is 0 Å². The van der Waals surface area contributed by atoms with Crippen molar-refractivity contribution in [2.45, 2.75) is 57.6 Å². The summed E-state index contributed by atoms with van der Waals surface area (Å²) in [5, 5.41) is 14.8. The summed E-state index contributed by atoms with van der Waals surface area (Å²) < 4.78 is 19.6. The molecule has 2 amide bonds. The van der Waals surface area contributed by atoms with Gasteiger partial charge in [-0.3, -0.25) is 5.32 Å². The number of ether oxygens (including phenoxy) is 1. The first-order valence-corrected chi connectivity index (χ1v) is 10.4. The van der Waals surface area contributed by atoms with Gasteiger partial charge in [-0.25, -0.2) is 19.0 Å². The normalized spacial score (nSPS) is 19.0. The van der Waals surface area contributed by atoms with Crippen molar-refractivity contribution in [2.75, 3.05) is 5.32 Å². The fraction of sp³-hybridized carbons (Fsp3) is 0.450. The lowest BCUT2D eigenvalue weighted by atomic mass is 9.86. The molecule has 0 unspecified atom stereocenters. The summed E-state index contributed by atoms with van der Waals surface area (Å²) in [5.41, 5.74) is 0.753. The molecule has 3 N–H and O–H groups in total. The van der Waals surface area contributed by atoms with Gasteiger partial charge in [0.2, 0.25) is 0 Å². The predicted molar refractivity (Wildman–Crippen MR) is 109 cm³/mol. The van der Waals surface area contributed by atoms with Crippen LogP contribution < -0.4 is 10.6 Å². The number of nitrogens with zero attached hydrogens (tertiary/aromatic N) is 1. The van der Waals surface area contributed by atoms with Crippen molar-refractivity contribution in [3.05, 3.63) is 35.2 Å². The van der Waals surface area contributed by atoms with Gasteiger partial charge < -0.3 is 15.2 Å². The Kier molecular flexibility index (Phi) is 6.68. The van der Waals surface area contributed by atoms with E-state index in [-0.39, 0.29) is 18.1 Å². The summed E-state index contributed by atoms with van der Waals surface area (Å²) in [4.78, 5) is 27.6. The smallest absolute Gasteiger partial charge is 0.411 e. The zero-order valence-corrected chi connectivity index (χ0v) is 17.1. The van der Waals surface area contributed by atoms with Crippen molar-refractivity contribution in [3.8, 4) is 10.4 Å². The van der Waals surface area contributed by atoms with Gasteiger partial charge in [0, 0.05) is 29.4 Å². The molecule has 3 rings (SSSR count). The Bertz CT molecular complexity index is 878. The fourth-order valence-electron chi connectivity index (χ4n) is 3.41. The van der Waals surface area contributed by atoms with Crippen molar-refractivity contribution in [3.63, 3.8) is 0 Å². The van der Waals surface area contributed by atoms with Gasteiger partial charge in [0.15, 0.2) is 0 Å². The highest BCUT2D eigenvalue weighted by atomic mass is 32.1. The number of carbonyl (C=O) groups excluding carboxylic acids is 1. The lowest BCUT2D eigenvalue weighted by Gasteiger charge is -2.26. The first kappa shape index (κ1) is 21.0. The molecule has 7 nitrogen and oxygen atoms in total. The molecule has 9 heteroatoms. The highest BCUT2D eigenvalue weighted by Crippen LogP contribution is 2.38. The van der Waals surface area contributed by atoms with Gasteiger partial charge in [0.25, 0.3) is 0 Å². The van der Waals surface area contributed by atoms with Crippen LogP contribution in [0.1, 0.15) is 50.5 Å². The topological polar surface area (TPSA) is 101 Å². The largest absolute Gasteiger partial charge is 0.465 e. The molecule has 1 aliphatic rings. The van der Waals surface area contributed by atoms with E-state index in [1.54, 1.807) is 32.2 Å². The number of benzene rings is 1. The fourth-order valence-corrected chi connectivity index (χ4v) is 4.53. The summed E-state index contributed by atoms with van der Waals surface area (Å²) in [5.74, 6) is -0.188.